The topological polar surface area (TPSA) is 89.1 Å². The zero-order valence-corrected chi connectivity index (χ0v) is 16.1. The summed E-state index contributed by atoms with van der Waals surface area (Å²) in [7, 11) is 0. The molecule has 144 valence electrons. The number of aliphatic hydroxyl groups is 1. The van der Waals surface area contributed by atoms with Crippen LogP contribution in [-0.4, -0.2) is 20.4 Å². The molecule has 0 fully saturated rings. The van der Waals surface area contributed by atoms with Gasteiger partial charge in [-0.15, -0.1) is 0 Å². The number of benzene rings is 2. The fourth-order valence-corrected chi connectivity index (χ4v) is 4.51. The molecule has 0 amide bonds. The Kier molecular flexibility index (Phi) is 3.71. The molecule has 0 spiro atoms. The number of nitrogens with one attached hydrogen (secondary N) is 2. The molecule has 3 aromatic rings. The van der Waals surface area contributed by atoms with Crippen LogP contribution >= 0.6 is 0 Å². The van der Waals surface area contributed by atoms with Crippen LogP contribution in [0, 0.1) is 6.92 Å². The van der Waals surface area contributed by atoms with E-state index in [4.69, 9.17) is 0 Å². The van der Waals surface area contributed by atoms with Crippen LogP contribution in [0.2, 0.25) is 0 Å². The van der Waals surface area contributed by atoms with Gasteiger partial charge in [-0.2, -0.15) is 4.57 Å². The van der Waals surface area contributed by atoms with Gasteiger partial charge in [0.15, 0.2) is 0 Å². The summed E-state index contributed by atoms with van der Waals surface area (Å²) in [6.07, 6.45) is 0. The van der Waals surface area contributed by atoms with E-state index in [-0.39, 0.29) is 5.76 Å². The predicted molar refractivity (Wildman–Crippen MR) is 111 cm³/mol. The molecule has 2 heterocycles. The van der Waals surface area contributed by atoms with Crippen LogP contribution in [0.5, 0.6) is 0 Å². The van der Waals surface area contributed by atoms with Crippen LogP contribution in [0.3, 0.4) is 0 Å². The molecule has 2 aromatic carbocycles. The number of nitrogens with zero attached hydrogens (tertiary/aromatic N) is 1. The van der Waals surface area contributed by atoms with Gasteiger partial charge in [0.05, 0.1) is 18.0 Å². The molecule has 29 heavy (non-hydrogen) atoms. The molecule has 5 rings (SSSR count). The molecule has 0 radical (unpaired) electrons. The first-order valence-corrected chi connectivity index (χ1v) is 9.62. The maximum absolute atomic E-state index is 13.0. The molecule has 1 aromatic heterocycles. The normalized spacial score (nSPS) is 16.9. The molecule has 3 N–H and O–H groups in total. The van der Waals surface area contributed by atoms with Crippen molar-refractivity contribution in [1.29, 1.82) is 0 Å². The number of fused-ring (bicyclic) bond motifs is 4. The monoisotopic (exact) mass is 386 g/mol. The summed E-state index contributed by atoms with van der Waals surface area (Å²) in [4.78, 5) is 31.2. The van der Waals surface area contributed by atoms with Gasteiger partial charge in [0, 0.05) is 11.1 Å². The summed E-state index contributed by atoms with van der Waals surface area (Å²) in [6, 6.07) is 15.4. The van der Waals surface area contributed by atoms with Crippen molar-refractivity contribution in [3.63, 3.8) is 0 Å². The van der Waals surface area contributed by atoms with Gasteiger partial charge >= 0.3 is 5.69 Å². The molecule has 1 atom stereocenters. The van der Waals surface area contributed by atoms with Gasteiger partial charge in [-0.3, -0.25) is 9.78 Å². The smallest absolute Gasteiger partial charge is 0.415 e. The van der Waals surface area contributed by atoms with E-state index in [2.05, 4.69) is 9.98 Å². The van der Waals surface area contributed by atoms with Gasteiger partial charge in [-0.1, -0.05) is 42.5 Å². The maximum Gasteiger partial charge on any atom is 0.415 e. The fourth-order valence-electron chi connectivity index (χ4n) is 4.51. The minimum Gasteiger partial charge on any atom is -0.507 e. The van der Waals surface area contributed by atoms with Crippen molar-refractivity contribution in [3.8, 4) is 0 Å². The summed E-state index contributed by atoms with van der Waals surface area (Å²) in [5.41, 5.74) is 4.48. The molecule has 1 aliphatic carbocycles. The molecule has 2 aliphatic rings. The third-order valence-corrected chi connectivity index (χ3v) is 5.85. The molecule has 6 nitrogen and oxygen atoms in total. The van der Waals surface area contributed by atoms with E-state index in [9.17, 15) is 14.7 Å². The number of hydrogen-bond acceptors (Lipinski definition) is 3. The highest BCUT2D eigenvalue weighted by atomic mass is 16.3. The van der Waals surface area contributed by atoms with Crippen LogP contribution < -0.4 is 16.2 Å². The Labute approximate surface area is 166 Å². The van der Waals surface area contributed by atoms with Crippen LogP contribution in [-0.2, 0) is 6.54 Å². The first-order chi connectivity index (χ1) is 14.0. The Bertz CT molecular complexity index is 1360. The lowest BCUT2D eigenvalue weighted by molar-refractivity contribution is -0.364. The Morgan fingerprint density at radius 2 is 1.76 bits per heavy atom. The number of aryl methyl sites for hydroxylation is 1. The largest absolute Gasteiger partial charge is 0.507 e. The molecule has 0 bridgehead atoms. The molecule has 1 unspecified atom stereocenters. The summed E-state index contributed by atoms with van der Waals surface area (Å²) < 4.78 is 1.53. The Morgan fingerprint density at radius 3 is 2.48 bits per heavy atom. The summed E-state index contributed by atoms with van der Waals surface area (Å²) in [5, 5.41) is 11.1. The quantitative estimate of drug-likeness (QED) is 0.624. The lowest BCUT2D eigenvalue weighted by atomic mass is 9.80. The van der Waals surface area contributed by atoms with E-state index >= 15 is 0 Å². The fraction of sp³-hybridized carbons (Fsp3) is 0.174. The highest BCUT2D eigenvalue weighted by Crippen LogP contribution is 2.44. The number of aromatic nitrogens is 2. The van der Waals surface area contributed by atoms with Crippen molar-refractivity contribution in [2.45, 2.75) is 26.3 Å². The number of allylic oxidation sites excluding steroid dienone is 1. The molecule has 0 saturated heterocycles. The zero-order valence-electron chi connectivity index (χ0n) is 16.1. The maximum atomic E-state index is 13.0. The van der Waals surface area contributed by atoms with Crippen molar-refractivity contribution < 1.29 is 10.1 Å². The molecular weight excluding hydrogens is 366 g/mol. The van der Waals surface area contributed by atoms with Crippen molar-refractivity contribution in [2.24, 2.45) is 0 Å². The van der Waals surface area contributed by atoms with Crippen LogP contribution in [0.1, 0.15) is 40.7 Å². The number of aromatic amines is 1. The summed E-state index contributed by atoms with van der Waals surface area (Å²) >= 11 is 0. The lowest BCUT2D eigenvalue weighted by Gasteiger charge is -2.24. The Morgan fingerprint density at radius 1 is 1.07 bits per heavy atom. The zero-order chi connectivity index (χ0) is 20.3. The molecule has 6 heteroatoms. The van der Waals surface area contributed by atoms with Crippen LogP contribution in [0.4, 0.5) is 5.82 Å². The van der Waals surface area contributed by atoms with E-state index in [0.717, 1.165) is 28.0 Å². The van der Waals surface area contributed by atoms with Gasteiger partial charge < -0.3 is 5.11 Å². The van der Waals surface area contributed by atoms with Crippen molar-refractivity contribution in [1.82, 2.24) is 9.55 Å². The van der Waals surface area contributed by atoms with Crippen molar-refractivity contribution >= 4 is 17.3 Å². The Balaban J connectivity index is 1.96. The van der Waals surface area contributed by atoms with Crippen LogP contribution in [0.15, 0.2) is 63.7 Å². The first kappa shape index (κ1) is 17.4. The van der Waals surface area contributed by atoms with Crippen molar-refractivity contribution in [3.05, 3.63) is 103 Å². The number of H-pyrrole nitrogens is 1. The van der Waals surface area contributed by atoms with Crippen LogP contribution in [0.25, 0.3) is 5.76 Å². The van der Waals surface area contributed by atoms with Gasteiger partial charge in [0.25, 0.3) is 11.4 Å². The number of rotatable bonds is 2. The van der Waals surface area contributed by atoms with E-state index in [1.165, 1.54) is 4.57 Å². The van der Waals surface area contributed by atoms with Gasteiger partial charge in [0.1, 0.15) is 17.0 Å². The summed E-state index contributed by atoms with van der Waals surface area (Å²) in [5.74, 6) is 0.158. The van der Waals surface area contributed by atoms with Gasteiger partial charge in [-0.25, -0.2) is 9.79 Å². The average molecular weight is 386 g/mol. The minimum absolute atomic E-state index is 0.163. The third-order valence-electron chi connectivity index (χ3n) is 5.85. The second-order valence-electron chi connectivity index (χ2n) is 7.36. The molecule has 1 aliphatic heterocycles. The highest BCUT2D eigenvalue weighted by Gasteiger charge is 2.44. The second kappa shape index (κ2) is 6.17. The van der Waals surface area contributed by atoms with Gasteiger partial charge in [0.2, 0.25) is 0 Å². The number of aliphatic hydroxyl groups excluding tert-OH is 1. The predicted octanol–water partition coefficient (Wildman–Crippen LogP) is 1.49. The van der Waals surface area contributed by atoms with E-state index in [1.54, 1.807) is 0 Å². The summed E-state index contributed by atoms with van der Waals surface area (Å²) in [6.45, 7) is 4.26. The van der Waals surface area contributed by atoms with E-state index in [1.807, 2.05) is 62.4 Å². The Hall–Kier alpha value is -3.67. The first-order valence-electron chi connectivity index (χ1n) is 9.62. The minimum atomic E-state index is -0.489. The highest BCUT2D eigenvalue weighted by molar-refractivity contribution is 6.21. The van der Waals surface area contributed by atoms with E-state index in [0.29, 0.717) is 23.5 Å². The third kappa shape index (κ3) is 2.32. The molecular formula is C23H20N3O3+. The second-order valence-corrected chi connectivity index (χ2v) is 7.36. The van der Waals surface area contributed by atoms with Gasteiger partial charge in [-0.05, 0) is 31.0 Å². The molecule has 0 saturated carbocycles. The standard InChI is InChI=1S/C23H19N3O3/c1-3-26-21-18(22(28)25-23(26)29)16(13-9-5-4-8-12(13)2)17-19(24-21)14-10-6-7-11-15(14)20(17)27/h4-11,16,27H,3H2,1-2H3,(H,25,28,29)/p+1. The lowest BCUT2D eigenvalue weighted by Crippen LogP contribution is -2.72. The average Bonchev–Trinajstić information content (AvgIpc) is 3.00. The van der Waals surface area contributed by atoms with Crippen molar-refractivity contribution in [2.75, 3.05) is 0 Å². The van der Waals surface area contributed by atoms with E-state index < -0.39 is 17.2 Å². The SMILES string of the molecule is CCn1c2c(c(=O)[nH]c1=O)C(c1ccccc1C)C1=C(O)c3ccccc3C1=[NH+]2. The number of hydrogen-bond donors (Lipinski definition) is 3.